The van der Waals surface area contributed by atoms with Crippen LogP contribution in [0.4, 0.5) is 4.79 Å². The Morgan fingerprint density at radius 3 is 2.65 bits per heavy atom. The standard InChI is InChI=1S/C18H27NO4/c1-17(2,3)23-16(20)19-11-10-18(4,13-19)22-12-14-8-6-7-9-15(14)21-5/h6-9H,10-13H2,1-5H3. The first kappa shape index (κ1) is 17.6. The van der Waals surface area contributed by atoms with Crippen molar-refractivity contribution < 1.29 is 19.0 Å². The zero-order valence-corrected chi connectivity index (χ0v) is 14.7. The summed E-state index contributed by atoms with van der Waals surface area (Å²) in [6.45, 7) is 9.30. The Morgan fingerprint density at radius 2 is 2.00 bits per heavy atom. The molecule has 1 aliphatic heterocycles. The van der Waals surface area contributed by atoms with Crippen LogP contribution in [0.5, 0.6) is 5.75 Å². The summed E-state index contributed by atoms with van der Waals surface area (Å²) in [6.07, 6.45) is 0.517. The molecule has 1 aromatic carbocycles. The molecule has 0 radical (unpaired) electrons. The third kappa shape index (κ3) is 4.86. The maximum absolute atomic E-state index is 12.2. The minimum Gasteiger partial charge on any atom is -0.496 e. The van der Waals surface area contributed by atoms with Gasteiger partial charge in [-0.1, -0.05) is 18.2 Å². The molecule has 0 saturated carbocycles. The molecular formula is C18H27NO4. The molecule has 1 atom stereocenters. The predicted molar refractivity (Wildman–Crippen MR) is 88.6 cm³/mol. The average molecular weight is 321 g/mol. The van der Waals surface area contributed by atoms with Crippen molar-refractivity contribution in [1.29, 1.82) is 0 Å². The molecule has 1 fully saturated rings. The number of carbonyl (C=O) groups excluding carboxylic acids is 1. The number of nitrogens with zero attached hydrogens (tertiary/aromatic N) is 1. The highest BCUT2D eigenvalue weighted by Crippen LogP contribution is 2.29. The van der Waals surface area contributed by atoms with E-state index in [4.69, 9.17) is 14.2 Å². The molecule has 1 saturated heterocycles. The fourth-order valence-corrected chi connectivity index (χ4v) is 2.61. The van der Waals surface area contributed by atoms with E-state index in [2.05, 4.69) is 0 Å². The Bertz CT molecular complexity index is 552. The number of amides is 1. The van der Waals surface area contributed by atoms with Crippen molar-refractivity contribution in [2.75, 3.05) is 20.2 Å². The summed E-state index contributed by atoms with van der Waals surface area (Å²) in [6, 6.07) is 7.81. The molecule has 1 heterocycles. The van der Waals surface area contributed by atoms with E-state index in [9.17, 15) is 4.79 Å². The zero-order valence-electron chi connectivity index (χ0n) is 14.7. The van der Waals surface area contributed by atoms with Crippen LogP contribution in [-0.2, 0) is 16.1 Å². The number of likely N-dealkylation sites (tertiary alicyclic amines) is 1. The average Bonchev–Trinajstić information content (AvgIpc) is 2.87. The third-order valence-corrected chi connectivity index (χ3v) is 3.86. The van der Waals surface area contributed by atoms with Crippen LogP contribution in [0.15, 0.2) is 24.3 Å². The first-order valence-corrected chi connectivity index (χ1v) is 7.96. The normalized spacial score (nSPS) is 21.3. The van der Waals surface area contributed by atoms with Gasteiger partial charge in [0.05, 0.1) is 25.9 Å². The smallest absolute Gasteiger partial charge is 0.410 e. The van der Waals surface area contributed by atoms with Crippen molar-refractivity contribution in [3.05, 3.63) is 29.8 Å². The zero-order chi connectivity index (χ0) is 17.1. The number of carbonyl (C=O) groups is 1. The van der Waals surface area contributed by atoms with Crippen molar-refractivity contribution in [1.82, 2.24) is 4.90 Å². The Labute approximate surface area is 138 Å². The van der Waals surface area contributed by atoms with Gasteiger partial charge in [-0.25, -0.2) is 4.79 Å². The summed E-state index contributed by atoms with van der Waals surface area (Å²) in [5.74, 6) is 0.818. The minimum atomic E-state index is -0.478. The largest absolute Gasteiger partial charge is 0.496 e. The number of hydrogen-bond acceptors (Lipinski definition) is 4. The first-order valence-electron chi connectivity index (χ1n) is 7.96. The first-order chi connectivity index (χ1) is 10.7. The van der Waals surface area contributed by atoms with Crippen molar-refractivity contribution in [3.63, 3.8) is 0 Å². The van der Waals surface area contributed by atoms with Crippen LogP contribution in [0.1, 0.15) is 39.7 Å². The lowest BCUT2D eigenvalue weighted by Crippen LogP contribution is -2.39. The van der Waals surface area contributed by atoms with E-state index in [1.807, 2.05) is 52.0 Å². The molecule has 1 amide bonds. The maximum atomic E-state index is 12.2. The minimum absolute atomic E-state index is 0.276. The molecule has 0 spiro atoms. The SMILES string of the molecule is COc1ccccc1COC1(C)CCN(C(=O)OC(C)(C)C)C1. The highest BCUT2D eigenvalue weighted by molar-refractivity contribution is 5.68. The predicted octanol–water partition coefficient (Wildman–Crippen LogP) is 3.61. The number of methoxy groups -OCH3 is 1. The Balaban J connectivity index is 1.92. The fraction of sp³-hybridized carbons (Fsp3) is 0.611. The molecule has 1 unspecified atom stereocenters. The van der Waals surface area contributed by atoms with Gasteiger partial charge in [-0.15, -0.1) is 0 Å². The van der Waals surface area contributed by atoms with Crippen molar-refractivity contribution in [2.45, 2.75) is 51.9 Å². The van der Waals surface area contributed by atoms with Gasteiger partial charge in [0.15, 0.2) is 0 Å². The second-order valence-electron chi connectivity index (χ2n) is 7.20. The van der Waals surface area contributed by atoms with Gasteiger partial charge in [-0.3, -0.25) is 0 Å². The molecule has 0 bridgehead atoms. The summed E-state index contributed by atoms with van der Waals surface area (Å²) in [4.78, 5) is 13.9. The molecule has 5 nitrogen and oxygen atoms in total. The molecule has 0 N–H and O–H groups in total. The monoisotopic (exact) mass is 321 g/mol. The number of hydrogen-bond donors (Lipinski definition) is 0. The number of benzene rings is 1. The lowest BCUT2D eigenvalue weighted by atomic mass is 10.1. The van der Waals surface area contributed by atoms with Gasteiger partial charge in [0, 0.05) is 12.1 Å². The molecule has 0 aliphatic carbocycles. The van der Waals surface area contributed by atoms with Crippen LogP contribution in [-0.4, -0.2) is 42.4 Å². The molecule has 0 aromatic heterocycles. The summed E-state index contributed by atoms with van der Waals surface area (Å²) in [5, 5.41) is 0. The molecule has 128 valence electrons. The second-order valence-corrected chi connectivity index (χ2v) is 7.20. The van der Waals surface area contributed by atoms with Crippen LogP contribution >= 0.6 is 0 Å². The van der Waals surface area contributed by atoms with Crippen molar-refractivity contribution in [2.24, 2.45) is 0 Å². The molecule has 1 aromatic rings. The fourth-order valence-electron chi connectivity index (χ4n) is 2.61. The second kappa shape index (κ2) is 6.79. The van der Waals surface area contributed by atoms with Crippen LogP contribution in [0.25, 0.3) is 0 Å². The summed E-state index contributed by atoms with van der Waals surface area (Å²) in [5.41, 5.74) is 0.165. The molecule has 23 heavy (non-hydrogen) atoms. The van der Waals surface area contributed by atoms with Crippen molar-refractivity contribution in [3.8, 4) is 5.75 Å². The number of para-hydroxylation sites is 1. The van der Waals surface area contributed by atoms with E-state index in [0.717, 1.165) is 17.7 Å². The van der Waals surface area contributed by atoms with E-state index in [1.54, 1.807) is 12.0 Å². The van der Waals surface area contributed by atoms with Gasteiger partial charge in [-0.05, 0) is 40.2 Å². The summed E-state index contributed by atoms with van der Waals surface area (Å²) >= 11 is 0. The highest BCUT2D eigenvalue weighted by atomic mass is 16.6. The maximum Gasteiger partial charge on any atom is 0.410 e. The summed E-state index contributed by atoms with van der Waals surface area (Å²) < 4.78 is 16.9. The van der Waals surface area contributed by atoms with E-state index < -0.39 is 5.60 Å². The van der Waals surface area contributed by atoms with Gasteiger partial charge in [0.1, 0.15) is 11.4 Å². The van der Waals surface area contributed by atoms with Crippen LogP contribution in [0, 0.1) is 0 Å². The molecule has 1 aliphatic rings. The van der Waals surface area contributed by atoms with Gasteiger partial charge in [-0.2, -0.15) is 0 Å². The van der Waals surface area contributed by atoms with Gasteiger partial charge < -0.3 is 19.1 Å². The van der Waals surface area contributed by atoms with Gasteiger partial charge in [0.25, 0.3) is 0 Å². The topological polar surface area (TPSA) is 48.0 Å². The van der Waals surface area contributed by atoms with Crippen LogP contribution in [0.3, 0.4) is 0 Å². The van der Waals surface area contributed by atoms with Gasteiger partial charge in [0.2, 0.25) is 0 Å². The third-order valence-electron chi connectivity index (χ3n) is 3.86. The lowest BCUT2D eigenvalue weighted by molar-refractivity contribution is -0.0380. The highest BCUT2D eigenvalue weighted by Gasteiger charge is 2.38. The number of ether oxygens (including phenoxy) is 3. The summed E-state index contributed by atoms with van der Waals surface area (Å²) in [7, 11) is 1.65. The molecule has 5 heteroatoms. The van der Waals surface area contributed by atoms with Crippen LogP contribution in [0.2, 0.25) is 0 Å². The van der Waals surface area contributed by atoms with E-state index >= 15 is 0 Å². The van der Waals surface area contributed by atoms with E-state index in [-0.39, 0.29) is 11.7 Å². The molecule has 2 rings (SSSR count). The van der Waals surface area contributed by atoms with Crippen molar-refractivity contribution >= 4 is 6.09 Å². The van der Waals surface area contributed by atoms with E-state index in [0.29, 0.717) is 19.7 Å². The Hall–Kier alpha value is -1.75. The Morgan fingerprint density at radius 1 is 1.30 bits per heavy atom. The quantitative estimate of drug-likeness (QED) is 0.850. The molecular weight excluding hydrogens is 294 g/mol. The lowest BCUT2D eigenvalue weighted by Gasteiger charge is -2.27. The van der Waals surface area contributed by atoms with E-state index in [1.165, 1.54) is 0 Å². The van der Waals surface area contributed by atoms with Crippen LogP contribution < -0.4 is 4.74 Å². The number of rotatable bonds is 4. The Kier molecular flexibility index (Phi) is 5.19. The van der Waals surface area contributed by atoms with Gasteiger partial charge >= 0.3 is 6.09 Å².